The van der Waals surface area contributed by atoms with Gasteiger partial charge in [0.15, 0.2) is 11.2 Å². The van der Waals surface area contributed by atoms with Crippen molar-refractivity contribution in [3.63, 3.8) is 0 Å². The number of nitrogens with zero attached hydrogens (tertiary/aromatic N) is 2. The van der Waals surface area contributed by atoms with Gasteiger partial charge in [-0.2, -0.15) is 0 Å². The molecule has 75 heavy (non-hydrogen) atoms. The van der Waals surface area contributed by atoms with E-state index in [2.05, 4.69) is 260 Å². The number of hydrogen-bond acceptors (Lipinski definition) is 4. The first kappa shape index (κ1) is 41.9. The molecule has 1 spiro atoms. The van der Waals surface area contributed by atoms with E-state index in [1.54, 1.807) is 0 Å². The van der Waals surface area contributed by atoms with Crippen molar-refractivity contribution in [1.82, 2.24) is 0 Å². The maximum Gasteiger partial charge on any atom is 0.159 e. The van der Waals surface area contributed by atoms with Gasteiger partial charge in [0.2, 0.25) is 0 Å². The maximum atomic E-state index is 6.89. The molecule has 0 fully saturated rings. The van der Waals surface area contributed by atoms with Gasteiger partial charge < -0.3 is 18.6 Å². The van der Waals surface area contributed by atoms with Gasteiger partial charge in [0.25, 0.3) is 0 Å². The summed E-state index contributed by atoms with van der Waals surface area (Å²) in [7, 11) is 0. The lowest BCUT2D eigenvalue weighted by Crippen LogP contribution is -2.26. The van der Waals surface area contributed by atoms with Gasteiger partial charge in [0, 0.05) is 44.0 Å². The highest BCUT2D eigenvalue weighted by atomic mass is 16.3. The Bertz CT molecular complexity index is 4650. The summed E-state index contributed by atoms with van der Waals surface area (Å²) in [5, 5.41) is 9.12. The summed E-state index contributed by atoms with van der Waals surface area (Å²) in [5.41, 5.74) is 21.7. The summed E-state index contributed by atoms with van der Waals surface area (Å²) in [6.45, 7) is 4.30. The van der Waals surface area contributed by atoms with Crippen molar-refractivity contribution < 1.29 is 8.83 Å². The molecule has 4 heteroatoms. The second-order valence-corrected chi connectivity index (χ2v) is 20.5. The minimum absolute atomic E-state index is 0.651. The van der Waals surface area contributed by atoms with Gasteiger partial charge in [0.05, 0.1) is 22.5 Å². The second-order valence-electron chi connectivity index (χ2n) is 20.5. The Labute approximate surface area is 433 Å². The number of benzene rings is 12. The van der Waals surface area contributed by atoms with Crippen LogP contribution in [0, 0.1) is 13.8 Å². The van der Waals surface area contributed by atoms with Gasteiger partial charge in [-0.1, -0.05) is 175 Å². The van der Waals surface area contributed by atoms with E-state index >= 15 is 0 Å². The first-order valence-corrected chi connectivity index (χ1v) is 25.9. The van der Waals surface area contributed by atoms with Crippen LogP contribution in [0.3, 0.4) is 0 Å². The largest absolute Gasteiger partial charge is 0.454 e. The Kier molecular flexibility index (Phi) is 8.77. The predicted molar refractivity (Wildman–Crippen MR) is 311 cm³/mol. The van der Waals surface area contributed by atoms with Crippen LogP contribution >= 0.6 is 0 Å². The molecule has 0 aliphatic heterocycles. The average molecular weight is 959 g/mol. The average Bonchev–Trinajstić information content (AvgIpc) is 4.40. The lowest BCUT2D eigenvalue weighted by molar-refractivity contribution is 0.668. The summed E-state index contributed by atoms with van der Waals surface area (Å²) in [5.74, 6) is 0. The fourth-order valence-corrected chi connectivity index (χ4v) is 13.1. The molecule has 2 aliphatic carbocycles. The van der Waals surface area contributed by atoms with Crippen LogP contribution in [0.15, 0.2) is 251 Å². The highest BCUT2D eigenvalue weighted by molar-refractivity contribution is 6.16. The van der Waals surface area contributed by atoms with E-state index < -0.39 is 5.41 Å². The summed E-state index contributed by atoms with van der Waals surface area (Å²) < 4.78 is 13.6. The third kappa shape index (κ3) is 5.88. The highest BCUT2D eigenvalue weighted by Gasteiger charge is 2.52. The molecule has 0 atom stereocenters. The minimum atomic E-state index is -0.651. The van der Waals surface area contributed by atoms with Gasteiger partial charge in [-0.15, -0.1) is 0 Å². The number of fused-ring (bicyclic) bond motifs is 19. The summed E-state index contributed by atoms with van der Waals surface area (Å²) in [6, 6.07) is 89.4. The molecule has 0 amide bonds. The highest BCUT2D eigenvalue weighted by Crippen LogP contribution is 2.65. The van der Waals surface area contributed by atoms with Gasteiger partial charge in [-0.3, -0.25) is 0 Å². The summed E-state index contributed by atoms with van der Waals surface area (Å²) in [6.07, 6.45) is 0. The van der Waals surface area contributed by atoms with Crippen molar-refractivity contribution in [2.75, 3.05) is 9.80 Å². The third-order valence-corrected chi connectivity index (χ3v) is 16.3. The first-order chi connectivity index (χ1) is 37.0. The zero-order valence-electron chi connectivity index (χ0n) is 41.3. The molecule has 0 unspecified atom stereocenters. The van der Waals surface area contributed by atoms with Crippen LogP contribution in [-0.4, -0.2) is 0 Å². The number of aryl methyl sites for hydroxylation is 2. The summed E-state index contributed by atoms with van der Waals surface area (Å²) >= 11 is 0. The Balaban J connectivity index is 0.986. The van der Waals surface area contributed by atoms with E-state index in [4.69, 9.17) is 8.83 Å². The number of rotatable bonds is 6. The van der Waals surface area contributed by atoms with E-state index in [-0.39, 0.29) is 0 Å². The van der Waals surface area contributed by atoms with Crippen LogP contribution < -0.4 is 9.80 Å². The smallest absolute Gasteiger partial charge is 0.159 e. The molecule has 2 aromatic heterocycles. The van der Waals surface area contributed by atoms with Gasteiger partial charge in [-0.05, 0) is 153 Å². The number of furan rings is 2. The number of anilines is 6. The van der Waals surface area contributed by atoms with Crippen molar-refractivity contribution >= 4 is 99.5 Å². The monoisotopic (exact) mass is 958 g/mol. The quantitative estimate of drug-likeness (QED) is 0.166. The Morgan fingerprint density at radius 3 is 1.41 bits per heavy atom. The molecule has 0 bridgehead atoms. The van der Waals surface area contributed by atoms with Crippen LogP contribution in [0.2, 0.25) is 0 Å². The van der Waals surface area contributed by atoms with E-state index in [9.17, 15) is 0 Å². The molecule has 0 radical (unpaired) electrons. The van der Waals surface area contributed by atoms with Crippen molar-refractivity contribution in [2.24, 2.45) is 0 Å². The summed E-state index contributed by atoms with van der Waals surface area (Å²) in [4.78, 5) is 4.81. The molecule has 4 nitrogen and oxygen atoms in total. The van der Waals surface area contributed by atoms with E-state index in [0.29, 0.717) is 0 Å². The number of hydrogen-bond donors (Lipinski definition) is 0. The molecule has 2 heterocycles. The number of para-hydroxylation sites is 4. The molecular weight excluding hydrogens is 913 g/mol. The van der Waals surface area contributed by atoms with Crippen LogP contribution in [0.1, 0.15) is 33.4 Å². The minimum Gasteiger partial charge on any atom is -0.454 e. The molecule has 14 aromatic rings. The molecule has 12 aromatic carbocycles. The molecule has 352 valence electrons. The molecule has 2 aliphatic rings. The molecule has 0 saturated heterocycles. The van der Waals surface area contributed by atoms with E-state index in [0.717, 1.165) is 88.8 Å². The molecule has 0 saturated carbocycles. The zero-order chi connectivity index (χ0) is 49.5. The predicted octanol–water partition coefficient (Wildman–Crippen LogP) is 19.7. The Hall–Kier alpha value is -9.64. The van der Waals surface area contributed by atoms with Crippen LogP contribution in [-0.2, 0) is 5.41 Å². The maximum absolute atomic E-state index is 6.89. The van der Waals surface area contributed by atoms with E-state index in [1.165, 1.54) is 66.4 Å². The topological polar surface area (TPSA) is 32.8 Å². The standard InChI is InChI=1S/C71H46N2O2/c1-43-29-34-47(35-30-43)72(63-25-13-21-56-53-18-7-11-27-66(53)74-69(56)63)49-38-33-45-40-58-61(41-46(45)39-49)71(59-23-9-5-15-50(59)51-16-6-10-24-60(51)71)62-42-65(52-17-3-4-20-55(52)68(58)62)73(48-36-31-44(2)32-37-48)64-26-14-22-57-54-19-8-12-28-67(54)75-70(57)64/h3-42H,1-2H3. The fraction of sp³-hybridized carbons (Fsp3) is 0.0423. The third-order valence-electron chi connectivity index (χ3n) is 16.3. The fourth-order valence-electron chi connectivity index (χ4n) is 13.1. The van der Waals surface area contributed by atoms with Crippen molar-refractivity contribution in [3.05, 3.63) is 276 Å². The normalized spacial score (nSPS) is 13.0. The van der Waals surface area contributed by atoms with Gasteiger partial charge >= 0.3 is 0 Å². The van der Waals surface area contributed by atoms with Gasteiger partial charge in [-0.25, -0.2) is 0 Å². The molecule has 16 rings (SSSR count). The van der Waals surface area contributed by atoms with Crippen LogP contribution in [0.25, 0.3) is 87.7 Å². The van der Waals surface area contributed by atoms with Crippen molar-refractivity contribution in [3.8, 4) is 22.3 Å². The van der Waals surface area contributed by atoms with Crippen molar-refractivity contribution in [2.45, 2.75) is 19.3 Å². The van der Waals surface area contributed by atoms with Crippen molar-refractivity contribution in [1.29, 1.82) is 0 Å². The van der Waals surface area contributed by atoms with Crippen LogP contribution in [0.5, 0.6) is 0 Å². The first-order valence-electron chi connectivity index (χ1n) is 25.9. The second kappa shape index (κ2) is 15.7. The zero-order valence-corrected chi connectivity index (χ0v) is 41.3. The Morgan fingerprint density at radius 2 is 0.800 bits per heavy atom. The van der Waals surface area contributed by atoms with Crippen LogP contribution in [0.4, 0.5) is 34.1 Å². The lowest BCUT2D eigenvalue weighted by atomic mass is 9.70. The molecular formula is C71H46N2O2. The van der Waals surface area contributed by atoms with E-state index in [1.807, 2.05) is 6.07 Å². The lowest BCUT2D eigenvalue weighted by Gasteiger charge is -2.33. The SMILES string of the molecule is Cc1ccc(N(c2ccc3cc4c(cc3c2)C2(c3ccccc3-c3ccccc32)c2cc(N(c3ccc(C)cc3)c3cccc5c3oc3ccccc35)c3ccccc3c2-4)c2cccc3c2oc2ccccc23)cc1. The Morgan fingerprint density at radius 1 is 0.307 bits per heavy atom. The molecule has 0 N–H and O–H groups in total. The van der Waals surface area contributed by atoms with Gasteiger partial charge in [0.1, 0.15) is 11.2 Å².